The Morgan fingerprint density at radius 3 is 2.95 bits per heavy atom. The van der Waals surface area contributed by atoms with E-state index in [1.807, 2.05) is 0 Å². The van der Waals surface area contributed by atoms with Crippen molar-refractivity contribution in [1.29, 1.82) is 0 Å². The van der Waals surface area contributed by atoms with Gasteiger partial charge >= 0.3 is 0 Å². The lowest BCUT2D eigenvalue weighted by atomic mass is 10.0. The first-order chi connectivity index (χ1) is 9.19. The molecule has 1 aliphatic carbocycles. The van der Waals surface area contributed by atoms with Gasteiger partial charge in [-0.3, -0.25) is 4.79 Å². The molecule has 1 aromatic rings. The third-order valence-electron chi connectivity index (χ3n) is 3.67. The van der Waals surface area contributed by atoms with Gasteiger partial charge in [0.15, 0.2) is 5.82 Å². The van der Waals surface area contributed by atoms with Crippen molar-refractivity contribution in [3.63, 3.8) is 0 Å². The van der Waals surface area contributed by atoms with Gasteiger partial charge in [-0.1, -0.05) is 11.6 Å². The predicted octanol–water partition coefficient (Wildman–Crippen LogP) is 1.37. The Hall–Kier alpha value is -1.14. The molecule has 7 heteroatoms. The minimum absolute atomic E-state index is 0. The molecule has 3 N–H and O–H groups in total. The quantitative estimate of drug-likeness (QED) is 0.827. The fourth-order valence-electron chi connectivity index (χ4n) is 2.63. The highest BCUT2D eigenvalue weighted by Crippen LogP contribution is 2.24. The largest absolute Gasteiger partial charge is 0.353 e. The maximum atomic E-state index is 11.8. The third kappa shape index (κ3) is 4.76. The summed E-state index contributed by atoms with van der Waals surface area (Å²) >= 11 is 0. The molecule has 1 heterocycles. The van der Waals surface area contributed by atoms with Crippen LogP contribution in [0.4, 0.5) is 0 Å². The van der Waals surface area contributed by atoms with E-state index in [9.17, 15) is 4.79 Å². The van der Waals surface area contributed by atoms with Gasteiger partial charge in [0.1, 0.15) is 0 Å². The van der Waals surface area contributed by atoms with E-state index in [0.717, 1.165) is 25.7 Å². The summed E-state index contributed by atoms with van der Waals surface area (Å²) in [5.74, 6) is 1.78. The average molecular weight is 303 g/mol. The number of rotatable bonds is 6. The van der Waals surface area contributed by atoms with Gasteiger partial charge in [-0.25, -0.2) is 0 Å². The fraction of sp³-hybridized carbons (Fsp3) is 0.769. The summed E-state index contributed by atoms with van der Waals surface area (Å²) in [4.78, 5) is 15.9. The second-order valence-corrected chi connectivity index (χ2v) is 5.19. The molecule has 1 aromatic heterocycles. The second-order valence-electron chi connectivity index (χ2n) is 5.19. The zero-order valence-corrected chi connectivity index (χ0v) is 12.6. The third-order valence-corrected chi connectivity index (χ3v) is 3.67. The number of nitrogens with zero attached hydrogens (tertiary/aromatic N) is 2. The second kappa shape index (κ2) is 8.21. The Balaban J connectivity index is 0.00000200. The smallest absolute Gasteiger partial charge is 0.226 e. The SMILES string of the molecule is Cc1noc(CCCC(=O)NC2CCCC2CN)n1.Cl. The van der Waals surface area contributed by atoms with Crippen LogP contribution in [0.15, 0.2) is 4.52 Å². The van der Waals surface area contributed by atoms with Crippen LogP contribution in [0.2, 0.25) is 0 Å². The van der Waals surface area contributed by atoms with Crippen LogP contribution in [0.5, 0.6) is 0 Å². The first-order valence-corrected chi connectivity index (χ1v) is 6.97. The molecule has 0 bridgehead atoms. The molecule has 20 heavy (non-hydrogen) atoms. The zero-order valence-electron chi connectivity index (χ0n) is 11.8. The fourth-order valence-corrected chi connectivity index (χ4v) is 2.63. The molecule has 1 aliphatic rings. The van der Waals surface area contributed by atoms with E-state index >= 15 is 0 Å². The van der Waals surface area contributed by atoms with Crippen LogP contribution >= 0.6 is 12.4 Å². The number of aryl methyl sites for hydroxylation is 2. The van der Waals surface area contributed by atoms with E-state index in [2.05, 4.69) is 15.5 Å². The lowest BCUT2D eigenvalue weighted by molar-refractivity contribution is -0.122. The maximum Gasteiger partial charge on any atom is 0.226 e. The highest BCUT2D eigenvalue weighted by Gasteiger charge is 2.26. The van der Waals surface area contributed by atoms with Gasteiger partial charge in [0.2, 0.25) is 11.8 Å². The molecular formula is C13H23ClN4O2. The van der Waals surface area contributed by atoms with Gasteiger partial charge in [0.05, 0.1) is 0 Å². The van der Waals surface area contributed by atoms with E-state index in [1.165, 1.54) is 0 Å². The van der Waals surface area contributed by atoms with Crippen molar-refractivity contribution >= 4 is 18.3 Å². The van der Waals surface area contributed by atoms with Crippen LogP contribution in [0.25, 0.3) is 0 Å². The van der Waals surface area contributed by atoms with E-state index in [0.29, 0.717) is 37.0 Å². The van der Waals surface area contributed by atoms with Crippen molar-refractivity contribution in [3.05, 3.63) is 11.7 Å². The Morgan fingerprint density at radius 1 is 1.50 bits per heavy atom. The van der Waals surface area contributed by atoms with Crippen LogP contribution in [0.3, 0.4) is 0 Å². The molecule has 1 fully saturated rings. The molecule has 0 radical (unpaired) electrons. The van der Waals surface area contributed by atoms with Gasteiger partial charge < -0.3 is 15.6 Å². The van der Waals surface area contributed by atoms with E-state index < -0.39 is 0 Å². The van der Waals surface area contributed by atoms with Crippen molar-refractivity contribution in [2.75, 3.05) is 6.54 Å². The molecule has 114 valence electrons. The van der Waals surface area contributed by atoms with Gasteiger partial charge in [-0.2, -0.15) is 4.98 Å². The molecule has 0 aliphatic heterocycles. The van der Waals surface area contributed by atoms with Gasteiger partial charge in [-0.05, 0) is 38.6 Å². The summed E-state index contributed by atoms with van der Waals surface area (Å²) in [5, 5.41) is 6.80. The topological polar surface area (TPSA) is 94.0 Å². The minimum Gasteiger partial charge on any atom is -0.353 e. The summed E-state index contributed by atoms with van der Waals surface area (Å²) < 4.78 is 5.00. The molecule has 0 spiro atoms. The lowest BCUT2D eigenvalue weighted by Gasteiger charge is -2.19. The maximum absolute atomic E-state index is 11.8. The number of halogens is 1. The van der Waals surface area contributed by atoms with Crippen molar-refractivity contribution in [2.24, 2.45) is 11.7 Å². The van der Waals surface area contributed by atoms with Crippen molar-refractivity contribution in [3.8, 4) is 0 Å². The van der Waals surface area contributed by atoms with Gasteiger partial charge in [0, 0.05) is 18.9 Å². The van der Waals surface area contributed by atoms with Crippen LogP contribution in [0, 0.1) is 12.8 Å². The molecule has 0 saturated heterocycles. The Bertz CT molecular complexity index is 424. The molecule has 1 amide bonds. The first kappa shape index (κ1) is 16.9. The summed E-state index contributed by atoms with van der Waals surface area (Å²) in [6.07, 6.45) is 5.22. The summed E-state index contributed by atoms with van der Waals surface area (Å²) in [6, 6.07) is 0.267. The number of carbonyl (C=O) groups excluding carboxylic acids is 1. The Morgan fingerprint density at radius 2 is 2.30 bits per heavy atom. The molecule has 0 aromatic carbocycles. The number of nitrogens with two attached hydrogens (primary N) is 1. The first-order valence-electron chi connectivity index (χ1n) is 6.97. The molecule has 1 saturated carbocycles. The minimum atomic E-state index is 0. The zero-order chi connectivity index (χ0) is 13.7. The van der Waals surface area contributed by atoms with Crippen LogP contribution in [-0.4, -0.2) is 28.6 Å². The normalized spacial score (nSPS) is 21.5. The standard InChI is InChI=1S/C13H22N4O2.ClH/c1-9-15-13(19-17-9)7-3-6-12(18)16-11-5-2-4-10(11)8-14;/h10-11H,2-8,14H2,1H3,(H,16,18);1H. The van der Waals surface area contributed by atoms with Gasteiger partial charge in [0.25, 0.3) is 0 Å². The van der Waals surface area contributed by atoms with E-state index in [1.54, 1.807) is 6.92 Å². The Labute approximate surface area is 125 Å². The number of hydrogen-bond acceptors (Lipinski definition) is 5. The molecule has 6 nitrogen and oxygen atoms in total. The molecular weight excluding hydrogens is 280 g/mol. The van der Waals surface area contributed by atoms with Crippen molar-refractivity contribution in [2.45, 2.75) is 51.5 Å². The summed E-state index contributed by atoms with van der Waals surface area (Å²) in [6.45, 7) is 2.44. The van der Waals surface area contributed by atoms with Crippen molar-refractivity contribution in [1.82, 2.24) is 15.5 Å². The number of aromatic nitrogens is 2. The predicted molar refractivity (Wildman–Crippen MR) is 77.5 cm³/mol. The summed E-state index contributed by atoms with van der Waals surface area (Å²) in [7, 11) is 0. The van der Waals surface area contributed by atoms with Crippen LogP contribution in [0.1, 0.15) is 43.8 Å². The molecule has 2 unspecified atom stereocenters. The molecule has 2 atom stereocenters. The monoisotopic (exact) mass is 302 g/mol. The number of nitrogens with one attached hydrogen (secondary N) is 1. The van der Waals surface area contributed by atoms with E-state index in [4.69, 9.17) is 10.3 Å². The van der Waals surface area contributed by atoms with Crippen LogP contribution < -0.4 is 11.1 Å². The van der Waals surface area contributed by atoms with Gasteiger partial charge in [-0.15, -0.1) is 12.4 Å². The summed E-state index contributed by atoms with van der Waals surface area (Å²) in [5.41, 5.74) is 5.70. The molecule has 2 rings (SSSR count). The highest BCUT2D eigenvalue weighted by molar-refractivity contribution is 5.85. The van der Waals surface area contributed by atoms with Crippen molar-refractivity contribution < 1.29 is 9.32 Å². The number of hydrogen-bond donors (Lipinski definition) is 2. The average Bonchev–Trinajstić information content (AvgIpc) is 2.98. The Kier molecular flexibility index (Phi) is 6.95. The number of carbonyl (C=O) groups is 1. The van der Waals surface area contributed by atoms with E-state index in [-0.39, 0.29) is 24.4 Å². The lowest BCUT2D eigenvalue weighted by Crippen LogP contribution is -2.39. The number of amides is 1. The van der Waals surface area contributed by atoms with Crippen LogP contribution in [-0.2, 0) is 11.2 Å². The highest BCUT2D eigenvalue weighted by atomic mass is 35.5.